The Morgan fingerprint density at radius 3 is 0.948 bits per heavy atom. The summed E-state index contributed by atoms with van der Waals surface area (Å²) in [4.78, 5) is 5.70. The van der Waals surface area contributed by atoms with Gasteiger partial charge in [0.25, 0.3) is 0 Å². The van der Waals surface area contributed by atoms with Crippen molar-refractivity contribution in [1.82, 2.24) is 4.90 Å². The number of hydrogen-bond donors (Lipinski definition) is 0. The molecule has 30 aromatic carbocycles. The van der Waals surface area contributed by atoms with Crippen molar-refractivity contribution in [3.05, 3.63) is 105 Å². The third kappa shape index (κ3) is 2.97. The first kappa shape index (κ1) is 42.3. The van der Waals surface area contributed by atoms with E-state index in [9.17, 15) is 0 Å². The van der Waals surface area contributed by atoms with Gasteiger partial charge in [0.2, 0.25) is 0 Å². The van der Waals surface area contributed by atoms with E-state index >= 15 is 0 Å². The van der Waals surface area contributed by atoms with Crippen LogP contribution in [0.1, 0.15) is 40.3 Å². The summed E-state index contributed by atoms with van der Waals surface area (Å²) in [6.45, 7) is 2.97. The molecule has 0 amide bonds. The number of likely N-dealkylation sites (tertiary alicyclic amines) is 1. The number of nitrogens with zero attached hydrogens (tertiary/aromatic N) is 1. The first-order valence-electron chi connectivity index (χ1n) is 35.0. The van der Waals surface area contributed by atoms with Gasteiger partial charge < -0.3 is 18.9 Å². The fourth-order valence-corrected chi connectivity index (χ4v) is 30.6. The lowest BCUT2D eigenvalue weighted by molar-refractivity contribution is 0.0273. The average molecular weight is 1240 g/mol. The van der Waals surface area contributed by atoms with Crippen LogP contribution in [0.4, 0.5) is 0 Å². The quantitative estimate of drug-likeness (QED) is 0.0802. The minimum Gasteiger partial charge on any atom is -0.491 e. The molecule has 0 N–H and O–H groups in total. The molecule has 5 aliphatic rings. The van der Waals surface area contributed by atoms with Gasteiger partial charge in [0.1, 0.15) is 24.7 Å². The molecule has 4 aliphatic carbocycles. The summed E-state index contributed by atoms with van der Waals surface area (Å²) in [5.41, 5.74) is 10.0. The molecular formula is C89H31NO4S2. The van der Waals surface area contributed by atoms with Crippen LogP contribution in [0.5, 0.6) is 11.5 Å². The van der Waals surface area contributed by atoms with E-state index in [0.29, 0.717) is 39.6 Å². The summed E-state index contributed by atoms with van der Waals surface area (Å²) in [7, 11) is 2.63. The maximum absolute atomic E-state index is 6.56. The van der Waals surface area contributed by atoms with Crippen molar-refractivity contribution in [2.45, 2.75) is 23.4 Å². The van der Waals surface area contributed by atoms with Gasteiger partial charge in [-0.25, -0.2) is 0 Å². The van der Waals surface area contributed by atoms with Gasteiger partial charge in [-0.3, -0.25) is 4.90 Å². The van der Waals surface area contributed by atoms with E-state index in [1.165, 1.54) is 26.4 Å². The largest absolute Gasteiger partial charge is 0.491 e. The summed E-state index contributed by atoms with van der Waals surface area (Å²) in [5, 5.41) is 93.4. The Bertz CT molecular complexity index is 8580. The van der Waals surface area contributed by atoms with E-state index in [0.717, 1.165) is 17.9 Å². The second kappa shape index (κ2) is 11.4. The summed E-state index contributed by atoms with van der Waals surface area (Å²) < 4.78 is 24.7. The number of hydrogen-bond acceptors (Lipinski definition) is 7. The number of rotatable bonds is 14. The van der Waals surface area contributed by atoms with Crippen molar-refractivity contribution in [3.63, 3.8) is 0 Å². The second-order valence-corrected chi connectivity index (χ2v) is 33.7. The first-order chi connectivity index (χ1) is 47.7. The topological polar surface area (TPSA) is 40.2 Å². The van der Waals surface area contributed by atoms with Crippen LogP contribution < -0.4 is 9.47 Å². The van der Waals surface area contributed by atoms with Crippen LogP contribution in [-0.4, -0.2) is 51.6 Å². The predicted octanol–water partition coefficient (Wildman–Crippen LogP) is 23.3. The standard InChI is InChI=1S/C89H31NO4S2/c1-90-27(23-6-10-25(11-7-23)94-18-16-92-14-13-91-15-17-93-24-8-4-22(5-9-24)26-12-20-96-87(26)28-3-2-19-95-28)21-88-83-75-67-57-47-39-31-29-30-33-37-35(31)43-51-45(37)55-49-41(33)42-34(30)38-36-32(29)40(39)48-54-44(36)52-46(38)56-50(42)60-59(49)71-65(55)73-63(51)69(61(67)53(43)47)77(83)79(73)85-81(71)82-72(60)66(56)74-64(52)70-62(54)68(58(48)57)76(75)84(88)78(70)80(74)86(82)89(85,88)90/h2-12,19-20,27H,13-18,21H2,1H3. The van der Waals surface area contributed by atoms with Crippen LogP contribution in [0.25, 0.3) is 312 Å². The highest BCUT2D eigenvalue weighted by molar-refractivity contribution is 7.20. The molecule has 1 atom stereocenters. The molecule has 3 heterocycles. The maximum atomic E-state index is 6.56. The SMILES string of the molecule is CN1C(c2ccc(OCCOCCOCCOc3ccc(-c4ccsc4-c4cccs4)cc3)cc2)CC23c4c5c6c7c8c9c(c%10c%11c2c2c4c4c%12c5c5c6c6c8c8c%13c9c9c%10c%10c%11c%11c2c2c4c4c%12c%12c5c5c6c8c6c8c%13c9c9c%10c%10c%11c2c2c4c4c%12c5c6c5c8c9c%10c2c45)C713. The van der Waals surface area contributed by atoms with Crippen LogP contribution in [0.15, 0.2) is 77.5 Å². The van der Waals surface area contributed by atoms with Crippen LogP contribution in [-0.2, 0) is 20.4 Å². The number of thiophene rings is 2. The molecule has 0 saturated carbocycles. The fraction of sp³-hybridized carbons (Fsp3) is 0.124. The zero-order valence-electron chi connectivity index (χ0n) is 50.4. The van der Waals surface area contributed by atoms with E-state index in [1.54, 1.807) is 336 Å². The van der Waals surface area contributed by atoms with E-state index in [2.05, 4.69) is 89.4 Å². The molecule has 96 heavy (non-hydrogen) atoms. The Balaban J connectivity index is 0.564. The highest BCUT2D eigenvalue weighted by atomic mass is 32.1. The minimum atomic E-state index is -0.432. The summed E-state index contributed by atoms with van der Waals surface area (Å²) in [6.07, 6.45) is 1.04. The third-order valence-electron chi connectivity index (χ3n) is 30.1. The molecule has 2 spiro atoms. The zero-order valence-corrected chi connectivity index (χ0v) is 52.1. The number of benzene rings is 20. The van der Waals surface area contributed by atoms with Crippen LogP contribution in [0.3, 0.4) is 0 Å². The van der Waals surface area contributed by atoms with Gasteiger partial charge in [0.05, 0.1) is 42.3 Å². The fourth-order valence-electron chi connectivity index (χ4n) is 28.8. The second-order valence-electron chi connectivity index (χ2n) is 31.9. The first-order valence-corrected chi connectivity index (χ1v) is 36.7. The Kier molecular flexibility index (Phi) is 5.01. The third-order valence-corrected chi connectivity index (χ3v) is 32.1. The van der Waals surface area contributed by atoms with Crippen LogP contribution in [0.2, 0.25) is 0 Å². The molecule has 7 heteroatoms. The lowest BCUT2D eigenvalue weighted by Gasteiger charge is -2.52. The van der Waals surface area contributed by atoms with E-state index < -0.39 is 5.54 Å². The molecule has 1 saturated heterocycles. The molecule has 0 bridgehead atoms. The van der Waals surface area contributed by atoms with Crippen molar-refractivity contribution in [2.75, 3.05) is 46.7 Å². The van der Waals surface area contributed by atoms with Crippen molar-refractivity contribution < 1.29 is 18.9 Å². The molecular weight excluding hydrogens is 1210 g/mol. The molecule has 37 rings (SSSR count). The van der Waals surface area contributed by atoms with Crippen molar-refractivity contribution >= 4 is 314 Å². The summed E-state index contributed by atoms with van der Waals surface area (Å²) in [6, 6.07) is 24.5. The van der Waals surface area contributed by atoms with Crippen LogP contribution in [0, 0.1) is 0 Å². The Hall–Kier alpha value is -10.2. The van der Waals surface area contributed by atoms with E-state index in [-0.39, 0.29) is 11.5 Å². The molecule has 32 aromatic rings. The van der Waals surface area contributed by atoms with E-state index in [1.807, 2.05) is 0 Å². The number of ether oxygens (including phenoxy) is 4. The Morgan fingerprint density at radius 1 is 0.323 bits per heavy atom. The van der Waals surface area contributed by atoms with Gasteiger partial charge >= 0.3 is 0 Å². The normalized spacial score (nSPS) is 20.6. The van der Waals surface area contributed by atoms with Gasteiger partial charge in [-0.2, -0.15) is 0 Å². The lowest BCUT2D eigenvalue weighted by Crippen LogP contribution is -2.54. The van der Waals surface area contributed by atoms with Gasteiger partial charge in [-0.1, -0.05) is 30.3 Å². The molecule has 1 unspecified atom stereocenters. The molecule has 2 aromatic heterocycles. The van der Waals surface area contributed by atoms with E-state index in [4.69, 9.17) is 18.9 Å². The van der Waals surface area contributed by atoms with Crippen molar-refractivity contribution in [2.24, 2.45) is 0 Å². The maximum Gasteiger partial charge on any atom is 0.119 e. The summed E-state index contributed by atoms with van der Waals surface area (Å²) in [5.74, 6) is 1.75. The smallest absolute Gasteiger partial charge is 0.119 e. The average Bonchev–Trinajstić information content (AvgIpc) is 1.38. The van der Waals surface area contributed by atoms with Gasteiger partial charge in [-0.05, 0) is 385 Å². The van der Waals surface area contributed by atoms with Gasteiger partial charge in [-0.15, -0.1) is 22.7 Å². The molecule has 1 fully saturated rings. The summed E-state index contributed by atoms with van der Waals surface area (Å²) >= 11 is 3.58. The highest BCUT2D eigenvalue weighted by Crippen LogP contribution is 2.87. The molecule has 0 radical (unpaired) electrons. The lowest BCUT2D eigenvalue weighted by atomic mass is 9.53. The minimum absolute atomic E-state index is 0.148. The molecule has 1 aliphatic heterocycles. The van der Waals surface area contributed by atoms with Crippen molar-refractivity contribution in [3.8, 4) is 32.4 Å². The predicted molar refractivity (Wildman–Crippen MR) is 401 cm³/mol. The molecule has 5 nitrogen and oxygen atoms in total. The van der Waals surface area contributed by atoms with Crippen molar-refractivity contribution in [1.29, 1.82) is 0 Å². The molecule has 428 valence electrons. The van der Waals surface area contributed by atoms with Gasteiger partial charge in [0.15, 0.2) is 0 Å². The Morgan fingerprint density at radius 2 is 0.625 bits per heavy atom. The monoisotopic (exact) mass is 1240 g/mol. The zero-order chi connectivity index (χ0) is 59.1. The van der Waals surface area contributed by atoms with Gasteiger partial charge in [0, 0.05) is 16.5 Å². The number of likely N-dealkylation sites (N-methyl/N-ethyl adjacent to an activating group) is 1. The highest BCUT2D eigenvalue weighted by Gasteiger charge is 2.75. The Labute approximate surface area is 541 Å². The van der Waals surface area contributed by atoms with Crippen LogP contribution >= 0.6 is 22.7 Å².